The van der Waals surface area contributed by atoms with Crippen LogP contribution in [0.2, 0.25) is 0 Å². The molecule has 3 atom stereocenters. The van der Waals surface area contributed by atoms with Crippen LogP contribution in [0.25, 0.3) is 0 Å². The molecular formula is C19H24N2. The molecule has 110 valence electrons. The highest BCUT2D eigenvalue weighted by Crippen LogP contribution is 2.42. The summed E-state index contributed by atoms with van der Waals surface area (Å²) in [6.07, 6.45) is 1.24. The highest BCUT2D eigenvalue weighted by Gasteiger charge is 2.39. The summed E-state index contributed by atoms with van der Waals surface area (Å²) in [6.45, 7) is 8.63. The topological polar surface area (TPSA) is 24.9 Å². The van der Waals surface area contributed by atoms with E-state index in [2.05, 4.69) is 74.4 Å². The van der Waals surface area contributed by atoms with Crippen molar-refractivity contribution in [2.45, 2.75) is 52.1 Å². The quantitative estimate of drug-likeness (QED) is 0.907. The van der Waals surface area contributed by atoms with Gasteiger partial charge in [0.25, 0.3) is 0 Å². The molecule has 1 aromatic heterocycles. The largest absolute Gasteiger partial charge is 0.307 e. The number of aryl methyl sites for hydroxylation is 3. The summed E-state index contributed by atoms with van der Waals surface area (Å²) in [5.41, 5.74) is 6.42. The van der Waals surface area contributed by atoms with Crippen molar-refractivity contribution in [3.05, 3.63) is 64.5 Å². The minimum Gasteiger partial charge on any atom is -0.307 e. The fourth-order valence-electron chi connectivity index (χ4n) is 3.54. The molecule has 1 aliphatic rings. The second-order valence-electron chi connectivity index (χ2n) is 6.33. The number of hydrogen-bond acceptors (Lipinski definition) is 2. The summed E-state index contributed by atoms with van der Waals surface area (Å²) in [6, 6.07) is 14.0. The number of hydrogen-bond donors (Lipinski definition) is 1. The van der Waals surface area contributed by atoms with Crippen LogP contribution in [0.15, 0.2) is 36.4 Å². The predicted molar refractivity (Wildman–Crippen MR) is 87.6 cm³/mol. The molecule has 2 nitrogen and oxygen atoms in total. The molecular weight excluding hydrogens is 256 g/mol. The first-order chi connectivity index (χ1) is 10.1. The van der Waals surface area contributed by atoms with Gasteiger partial charge in [0.1, 0.15) is 0 Å². The highest BCUT2D eigenvalue weighted by atomic mass is 15.0. The van der Waals surface area contributed by atoms with E-state index < -0.39 is 0 Å². The first kappa shape index (κ1) is 14.3. The number of nitrogens with one attached hydrogen (secondary N) is 1. The third-order valence-corrected chi connectivity index (χ3v) is 4.50. The Hall–Kier alpha value is -1.67. The Kier molecular flexibility index (Phi) is 3.81. The molecule has 0 spiro atoms. The van der Waals surface area contributed by atoms with E-state index in [1.165, 1.54) is 23.1 Å². The van der Waals surface area contributed by atoms with Crippen LogP contribution in [-0.2, 0) is 0 Å². The summed E-state index contributed by atoms with van der Waals surface area (Å²) in [7, 11) is 0. The normalized spacial score (nSPS) is 22.1. The van der Waals surface area contributed by atoms with Gasteiger partial charge >= 0.3 is 0 Å². The van der Waals surface area contributed by atoms with E-state index in [-0.39, 0.29) is 0 Å². The Bertz CT molecular complexity index is 610. The summed E-state index contributed by atoms with van der Waals surface area (Å²) >= 11 is 0. The molecule has 0 amide bonds. The van der Waals surface area contributed by atoms with Gasteiger partial charge < -0.3 is 5.32 Å². The zero-order chi connectivity index (χ0) is 15.0. The maximum atomic E-state index is 4.62. The summed E-state index contributed by atoms with van der Waals surface area (Å²) in [5.74, 6) is 0.674. The molecule has 0 radical (unpaired) electrons. The molecule has 1 N–H and O–H groups in total. The Balaban J connectivity index is 1.70. The predicted octanol–water partition coefficient (Wildman–Crippen LogP) is 4.21. The van der Waals surface area contributed by atoms with Gasteiger partial charge in [0, 0.05) is 29.4 Å². The molecule has 1 aromatic carbocycles. The zero-order valence-electron chi connectivity index (χ0n) is 13.4. The van der Waals surface area contributed by atoms with Crippen molar-refractivity contribution in [3.63, 3.8) is 0 Å². The van der Waals surface area contributed by atoms with E-state index in [4.69, 9.17) is 0 Å². The van der Waals surface area contributed by atoms with E-state index >= 15 is 0 Å². The number of nitrogens with zero attached hydrogens (tertiary/aromatic N) is 1. The molecule has 1 aliphatic carbocycles. The van der Waals surface area contributed by atoms with Crippen LogP contribution in [-0.4, -0.2) is 11.0 Å². The average Bonchev–Trinajstić information content (AvgIpc) is 3.17. The fraction of sp³-hybridized carbons (Fsp3) is 0.421. The van der Waals surface area contributed by atoms with Crippen molar-refractivity contribution in [1.82, 2.24) is 10.3 Å². The van der Waals surface area contributed by atoms with E-state index in [0.717, 1.165) is 11.4 Å². The molecule has 1 heterocycles. The van der Waals surface area contributed by atoms with Crippen LogP contribution in [0, 0.1) is 20.8 Å². The highest BCUT2D eigenvalue weighted by molar-refractivity contribution is 5.34. The Morgan fingerprint density at radius 1 is 1.14 bits per heavy atom. The van der Waals surface area contributed by atoms with Crippen molar-refractivity contribution in [2.24, 2.45) is 0 Å². The first-order valence-electron chi connectivity index (χ1n) is 7.82. The van der Waals surface area contributed by atoms with Crippen molar-refractivity contribution >= 4 is 0 Å². The molecule has 3 unspecified atom stereocenters. The summed E-state index contributed by atoms with van der Waals surface area (Å²) in [5, 5.41) is 3.78. The van der Waals surface area contributed by atoms with Gasteiger partial charge in [-0.15, -0.1) is 0 Å². The summed E-state index contributed by atoms with van der Waals surface area (Å²) < 4.78 is 0. The number of benzene rings is 1. The SMILES string of the molecule is Cc1cc(C)c(C(C)NC2CC2c2ccccc2)c(C)n1. The Morgan fingerprint density at radius 3 is 2.52 bits per heavy atom. The van der Waals surface area contributed by atoms with Gasteiger partial charge in [-0.1, -0.05) is 30.3 Å². The van der Waals surface area contributed by atoms with Crippen molar-refractivity contribution in [3.8, 4) is 0 Å². The average molecular weight is 280 g/mol. The second-order valence-corrected chi connectivity index (χ2v) is 6.33. The Morgan fingerprint density at radius 2 is 1.86 bits per heavy atom. The lowest BCUT2D eigenvalue weighted by Crippen LogP contribution is -2.24. The van der Waals surface area contributed by atoms with Crippen molar-refractivity contribution in [2.75, 3.05) is 0 Å². The van der Waals surface area contributed by atoms with E-state index in [1.807, 2.05) is 0 Å². The van der Waals surface area contributed by atoms with Gasteiger partial charge in [-0.3, -0.25) is 4.98 Å². The third-order valence-electron chi connectivity index (χ3n) is 4.50. The van der Waals surface area contributed by atoms with Gasteiger partial charge in [0.2, 0.25) is 0 Å². The molecule has 0 bridgehead atoms. The van der Waals surface area contributed by atoms with E-state index in [1.54, 1.807) is 0 Å². The van der Waals surface area contributed by atoms with Gasteiger partial charge in [-0.2, -0.15) is 0 Å². The molecule has 1 fully saturated rings. The summed E-state index contributed by atoms with van der Waals surface area (Å²) in [4.78, 5) is 4.62. The van der Waals surface area contributed by atoms with E-state index in [9.17, 15) is 0 Å². The molecule has 0 aliphatic heterocycles. The van der Waals surface area contributed by atoms with Crippen LogP contribution in [0.5, 0.6) is 0 Å². The standard InChI is InChI=1S/C19H24N2/c1-12-10-13(2)20-14(3)19(12)15(4)21-18-11-17(18)16-8-6-5-7-9-16/h5-10,15,17-18,21H,11H2,1-4H3. The molecule has 3 rings (SSSR count). The van der Waals surface area contributed by atoms with Gasteiger partial charge in [0.15, 0.2) is 0 Å². The van der Waals surface area contributed by atoms with Gasteiger partial charge in [0.05, 0.1) is 0 Å². The molecule has 0 saturated heterocycles. The maximum Gasteiger partial charge on any atom is 0.0426 e. The van der Waals surface area contributed by atoms with Crippen molar-refractivity contribution < 1.29 is 0 Å². The van der Waals surface area contributed by atoms with Crippen molar-refractivity contribution in [1.29, 1.82) is 0 Å². The van der Waals surface area contributed by atoms with Crippen LogP contribution in [0.4, 0.5) is 0 Å². The van der Waals surface area contributed by atoms with Crippen LogP contribution < -0.4 is 5.32 Å². The maximum absolute atomic E-state index is 4.62. The van der Waals surface area contributed by atoms with Gasteiger partial charge in [-0.05, 0) is 56.9 Å². The van der Waals surface area contributed by atoms with Gasteiger partial charge in [-0.25, -0.2) is 0 Å². The second kappa shape index (κ2) is 5.61. The van der Waals surface area contributed by atoms with Crippen LogP contribution in [0.1, 0.15) is 53.4 Å². The first-order valence-corrected chi connectivity index (χ1v) is 7.82. The fourth-order valence-corrected chi connectivity index (χ4v) is 3.54. The lowest BCUT2D eigenvalue weighted by atomic mass is 10.00. The molecule has 1 saturated carbocycles. The molecule has 2 heteroatoms. The lowest BCUT2D eigenvalue weighted by Gasteiger charge is -2.19. The minimum atomic E-state index is 0.358. The Labute approximate surface area is 127 Å². The van der Waals surface area contributed by atoms with Crippen LogP contribution >= 0.6 is 0 Å². The zero-order valence-corrected chi connectivity index (χ0v) is 13.4. The number of rotatable bonds is 4. The minimum absolute atomic E-state index is 0.358. The molecule has 2 aromatic rings. The number of pyridine rings is 1. The smallest absolute Gasteiger partial charge is 0.0426 e. The lowest BCUT2D eigenvalue weighted by molar-refractivity contribution is 0.555. The monoisotopic (exact) mass is 280 g/mol. The number of aromatic nitrogens is 1. The molecule has 21 heavy (non-hydrogen) atoms. The van der Waals surface area contributed by atoms with Crippen LogP contribution in [0.3, 0.4) is 0 Å². The van der Waals surface area contributed by atoms with E-state index in [0.29, 0.717) is 18.0 Å². The third kappa shape index (κ3) is 3.01.